The predicted octanol–water partition coefficient (Wildman–Crippen LogP) is 6.89. The second-order valence-electron chi connectivity index (χ2n) is 14.3. The number of ketones is 1. The van der Waals surface area contributed by atoms with Gasteiger partial charge in [-0.25, -0.2) is 9.18 Å². The monoisotopic (exact) mass is 791 g/mol. The normalized spacial score (nSPS) is 15.0. The lowest BCUT2D eigenvalue weighted by molar-refractivity contribution is -0.118. The van der Waals surface area contributed by atoms with Gasteiger partial charge in [-0.1, -0.05) is 12.1 Å². The van der Waals surface area contributed by atoms with Crippen molar-refractivity contribution in [3.63, 3.8) is 0 Å². The Morgan fingerprint density at radius 1 is 0.893 bits per heavy atom. The fourth-order valence-electron chi connectivity index (χ4n) is 6.78. The Kier molecular flexibility index (Phi) is 15.9. The molecule has 2 aliphatic rings. The second-order valence-corrected chi connectivity index (χ2v) is 15.3. The summed E-state index contributed by atoms with van der Waals surface area (Å²) in [5.41, 5.74) is 3.34. The zero-order valence-corrected chi connectivity index (χ0v) is 33.3. The summed E-state index contributed by atoms with van der Waals surface area (Å²) in [6.07, 6.45) is 8.38. The standard InChI is InChI=1S/C42H54FN5O7S/c1-3-44-42(50)48(16-17-52-20-21-54-23-22-53-19-18-51-2)33-11-14-47(15-12-33)29-32-6-8-36(46-28-32)40-27-37-41(56-40)39(10-13-45-37)55-38-9-7-31(26-35(38)43)25-34(49)24-30-4-5-30/h6-10,13,26-28,30,33H,3-5,11-12,14-25,29H2,1-2H3,(H,44,50). The van der Waals surface area contributed by atoms with Gasteiger partial charge in [0.2, 0.25) is 0 Å². The molecule has 6 rings (SSSR count). The first kappa shape index (κ1) is 41.6. The third-order valence-electron chi connectivity index (χ3n) is 9.93. The van der Waals surface area contributed by atoms with Crippen LogP contribution in [-0.2, 0) is 36.7 Å². The van der Waals surface area contributed by atoms with Crippen molar-refractivity contribution in [1.29, 1.82) is 0 Å². The molecule has 0 spiro atoms. The first-order chi connectivity index (χ1) is 27.4. The van der Waals surface area contributed by atoms with Crippen LogP contribution in [0.3, 0.4) is 0 Å². The van der Waals surface area contributed by atoms with Crippen LogP contribution in [0, 0.1) is 11.7 Å². The minimum atomic E-state index is -0.497. The van der Waals surface area contributed by atoms with Crippen LogP contribution in [0.4, 0.5) is 9.18 Å². The molecule has 1 N–H and O–H groups in total. The van der Waals surface area contributed by atoms with Crippen molar-refractivity contribution in [3.8, 4) is 22.1 Å². The summed E-state index contributed by atoms with van der Waals surface area (Å²) in [5.74, 6) is 0.793. The molecule has 0 bridgehead atoms. The maximum atomic E-state index is 15.1. The van der Waals surface area contributed by atoms with Gasteiger partial charge < -0.3 is 33.9 Å². The quantitative estimate of drug-likeness (QED) is 0.0795. The number of halogens is 1. The van der Waals surface area contributed by atoms with Crippen LogP contribution in [0.15, 0.2) is 54.9 Å². The van der Waals surface area contributed by atoms with Gasteiger partial charge in [0.05, 0.1) is 67.0 Å². The highest BCUT2D eigenvalue weighted by molar-refractivity contribution is 7.22. The van der Waals surface area contributed by atoms with E-state index in [2.05, 4.69) is 21.3 Å². The maximum Gasteiger partial charge on any atom is 0.317 e. The number of pyridine rings is 2. The van der Waals surface area contributed by atoms with E-state index in [1.165, 1.54) is 17.4 Å². The number of rotatable bonds is 23. The molecular weight excluding hydrogens is 738 g/mol. The third kappa shape index (κ3) is 12.5. The van der Waals surface area contributed by atoms with Crippen LogP contribution in [0.25, 0.3) is 20.8 Å². The molecule has 14 heteroatoms. The lowest BCUT2D eigenvalue weighted by atomic mass is 10.0. The Labute approximate surface area is 332 Å². The first-order valence-electron chi connectivity index (χ1n) is 19.7. The Balaban J connectivity index is 0.966. The average Bonchev–Trinajstić information content (AvgIpc) is 3.90. The topological polar surface area (TPSA) is 125 Å². The van der Waals surface area contributed by atoms with Crippen LogP contribution in [0.2, 0.25) is 0 Å². The van der Waals surface area contributed by atoms with Gasteiger partial charge in [-0.3, -0.25) is 19.7 Å². The van der Waals surface area contributed by atoms with Crippen molar-refractivity contribution in [2.45, 2.75) is 58.0 Å². The smallest absolute Gasteiger partial charge is 0.317 e. The SMILES string of the molecule is CCNC(=O)N(CCOCCOCCOCCOC)C1CCN(Cc2ccc(-c3cc4nccc(Oc5ccc(CC(=O)CC6CC6)cc5F)c4s3)nc2)CC1. The number of Topliss-reactive ketones (excluding diaryl/α,β-unsaturated/α-hetero) is 1. The van der Waals surface area contributed by atoms with Gasteiger partial charge in [-0.15, -0.1) is 11.3 Å². The Hall–Kier alpha value is -4.05. The van der Waals surface area contributed by atoms with Crippen molar-refractivity contribution < 1.29 is 37.7 Å². The van der Waals surface area contributed by atoms with Crippen LogP contribution in [0.5, 0.6) is 11.5 Å². The summed E-state index contributed by atoms with van der Waals surface area (Å²) >= 11 is 1.50. The summed E-state index contributed by atoms with van der Waals surface area (Å²) in [7, 11) is 1.64. The Morgan fingerprint density at radius 2 is 1.62 bits per heavy atom. The molecule has 302 valence electrons. The van der Waals surface area contributed by atoms with Gasteiger partial charge in [-0.05, 0) is 73.9 Å². The van der Waals surface area contributed by atoms with E-state index in [0.29, 0.717) is 83.0 Å². The van der Waals surface area contributed by atoms with E-state index in [-0.39, 0.29) is 30.0 Å². The number of methoxy groups -OCH3 is 1. The summed E-state index contributed by atoms with van der Waals surface area (Å²) in [6, 6.07) is 12.7. The minimum Gasteiger partial charge on any atom is -0.453 e. The van der Waals surface area contributed by atoms with E-state index < -0.39 is 5.82 Å². The number of thiophene rings is 1. The van der Waals surface area contributed by atoms with Gasteiger partial charge in [0.1, 0.15) is 11.5 Å². The third-order valence-corrected chi connectivity index (χ3v) is 11.1. The number of ether oxygens (including phenoxy) is 5. The van der Waals surface area contributed by atoms with Gasteiger partial charge in [-0.2, -0.15) is 0 Å². The van der Waals surface area contributed by atoms with E-state index in [0.717, 1.165) is 71.7 Å². The number of amides is 2. The molecule has 12 nitrogen and oxygen atoms in total. The molecule has 1 saturated carbocycles. The molecule has 0 atom stereocenters. The predicted molar refractivity (Wildman–Crippen MR) is 214 cm³/mol. The van der Waals surface area contributed by atoms with Crippen molar-refractivity contribution in [2.75, 3.05) is 79.5 Å². The highest BCUT2D eigenvalue weighted by Gasteiger charge is 2.28. The second kappa shape index (κ2) is 21.5. The number of nitrogens with one attached hydrogen (secondary N) is 1. The van der Waals surface area contributed by atoms with E-state index in [4.69, 9.17) is 28.7 Å². The number of hydrogen-bond acceptors (Lipinski definition) is 11. The van der Waals surface area contributed by atoms with Crippen molar-refractivity contribution in [3.05, 3.63) is 71.8 Å². The number of carbonyl (C=O) groups excluding carboxylic acids is 2. The molecular formula is C42H54FN5O7S. The minimum absolute atomic E-state index is 0.0527. The summed E-state index contributed by atoms with van der Waals surface area (Å²) in [4.78, 5) is 39.8. The van der Waals surface area contributed by atoms with E-state index in [9.17, 15) is 9.59 Å². The lowest BCUT2D eigenvalue weighted by Gasteiger charge is -2.38. The molecule has 2 amide bonds. The van der Waals surface area contributed by atoms with Gasteiger partial charge in [0.25, 0.3) is 0 Å². The molecule has 4 heterocycles. The van der Waals surface area contributed by atoms with Crippen LogP contribution in [0.1, 0.15) is 50.2 Å². The van der Waals surface area contributed by atoms with E-state index in [1.54, 1.807) is 31.5 Å². The number of aromatic nitrogens is 2. The molecule has 4 aromatic rings. The highest BCUT2D eigenvalue weighted by Crippen LogP contribution is 2.39. The number of hydrogen-bond donors (Lipinski definition) is 1. The molecule has 56 heavy (non-hydrogen) atoms. The number of piperidine rings is 1. The first-order valence-corrected chi connectivity index (χ1v) is 20.5. The highest BCUT2D eigenvalue weighted by atomic mass is 32.1. The molecule has 1 aliphatic carbocycles. The zero-order valence-electron chi connectivity index (χ0n) is 32.5. The Morgan fingerprint density at radius 3 is 2.30 bits per heavy atom. The molecule has 3 aromatic heterocycles. The number of nitrogens with zero attached hydrogens (tertiary/aromatic N) is 4. The molecule has 1 aromatic carbocycles. The molecule has 1 aliphatic heterocycles. The summed E-state index contributed by atoms with van der Waals surface area (Å²) < 4.78 is 43.6. The Bertz CT molecular complexity index is 1850. The summed E-state index contributed by atoms with van der Waals surface area (Å²) in [5, 5.41) is 2.97. The van der Waals surface area contributed by atoms with Gasteiger partial charge >= 0.3 is 6.03 Å². The van der Waals surface area contributed by atoms with Crippen molar-refractivity contribution in [1.82, 2.24) is 25.1 Å². The number of benzene rings is 1. The lowest BCUT2D eigenvalue weighted by Crippen LogP contribution is -2.51. The molecule has 1 saturated heterocycles. The van der Waals surface area contributed by atoms with Crippen molar-refractivity contribution in [2.24, 2.45) is 5.92 Å². The summed E-state index contributed by atoms with van der Waals surface area (Å²) in [6.45, 7) is 9.07. The van der Waals surface area contributed by atoms with Gasteiger partial charge in [0.15, 0.2) is 11.6 Å². The van der Waals surface area contributed by atoms with E-state index >= 15 is 4.39 Å². The van der Waals surface area contributed by atoms with Crippen LogP contribution < -0.4 is 10.1 Å². The maximum absolute atomic E-state index is 15.1. The number of carbonyl (C=O) groups is 2. The fourth-order valence-corrected chi connectivity index (χ4v) is 7.82. The zero-order chi connectivity index (χ0) is 39.1. The van der Waals surface area contributed by atoms with Crippen LogP contribution in [-0.4, -0.2) is 117 Å². The molecule has 2 fully saturated rings. The van der Waals surface area contributed by atoms with Crippen molar-refractivity contribution >= 4 is 33.4 Å². The average molecular weight is 792 g/mol. The number of likely N-dealkylation sites (tertiary alicyclic amines) is 1. The molecule has 0 unspecified atom stereocenters. The number of fused-ring (bicyclic) bond motifs is 1. The number of urea groups is 1. The molecule has 0 radical (unpaired) electrons. The fraction of sp³-hybridized carbons (Fsp3) is 0.524. The van der Waals surface area contributed by atoms with Gasteiger partial charge in [0, 0.05) is 77.2 Å². The largest absolute Gasteiger partial charge is 0.453 e. The van der Waals surface area contributed by atoms with E-state index in [1.807, 2.05) is 30.2 Å². The van der Waals surface area contributed by atoms with Crippen LogP contribution >= 0.6 is 11.3 Å².